The Labute approximate surface area is 78.1 Å². The van der Waals surface area contributed by atoms with Gasteiger partial charge in [-0.1, -0.05) is 23.2 Å². The van der Waals surface area contributed by atoms with E-state index in [9.17, 15) is 4.79 Å². The van der Waals surface area contributed by atoms with Gasteiger partial charge in [-0.15, -0.1) is 0 Å². The third-order valence-corrected chi connectivity index (χ3v) is 2.21. The number of rotatable bonds is 0. The van der Waals surface area contributed by atoms with Gasteiger partial charge in [-0.3, -0.25) is 4.79 Å². The highest BCUT2D eigenvalue weighted by Crippen LogP contribution is 2.07. The molecule has 1 amide bonds. The van der Waals surface area contributed by atoms with Gasteiger partial charge in [-0.25, -0.2) is 4.99 Å². The number of fused-ring (bicyclic) bond motifs is 1. The summed E-state index contributed by atoms with van der Waals surface area (Å²) in [7, 11) is 0. The second kappa shape index (κ2) is 2.57. The van der Waals surface area contributed by atoms with Gasteiger partial charge in [0.1, 0.15) is 5.03 Å². The molecule has 1 heterocycles. The van der Waals surface area contributed by atoms with Crippen molar-refractivity contribution in [3.05, 3.63) is 33.8 Å². The summed E-state index contributed by atoms with van der Waals surface area (Å²) in [6.07, 6.45) is 0. The first kappa shape index (κ1) is 7.77. The fourth-order valence-corrected chi connectivity index (χ4v) is 1.42. The predicted molar refractivity (Wildman–Crippen MR) is 46.5 cm³/mol. The molecule has 1 aliphatic rings. The van der Waals surface area contributed by atoms with Crippen molar-refractivity contribution in [1.82, 2.24) is 0 Å². The van der Waals surface area contributed by atoms with Crippen molar-refractivity contribution in [3.8, 4) is 0 Å². The Bertz CT molecular complexity index is 478. The lowest BCUT2D eigenvalue weighted by atomic mass is 10.3. The summed E-state index contributed by atoms with van der Waals surface area (Å²) in [5.41, 5.74) is 0. The topological polar surface area (TPSA) is 29.4 Å². The first-order valence-corrected chi connectivity index (χ1v) is 4.02. The van der Waals surface area contributed by atoms with E-state index in [1.54, 1.807) is 18.2 Å². The van der Waals surface area contributed by atoms with Gasteiger partial charge in [0.15, 0.2) is 0 Å². The van der Waals surface area contributed by atoms with Crippen molar-refractivity contribution in [2.24, 2.45) is 4.99 Å². The van der Waals surface area contributed by atoms with Crippen LogP contribution in [-0.4, -0.2) is 5.91 Å². The van der Waals surface area contributed by atoms with Gasteiger partial charge in [-0.2, -0.15) is 0 Å². The second-order valence-corrected chi connectivity index (χ2v) is 3.21. The second-order valence-electron chi connectivity index (χ2n) is 2.39. The molecule has 1 aliphatic heterocycles. The fraction of sp³-hybridized carbons (Fsp3) is 0. The summed E-state index contributed by atoms with van der Waals surface area (Å²) >= 11 is 11.4. The van der Waals surface area contributed by atoms with E-state index in [2.05, 4.69) is 4.99 Å². The third-order valence-electron chi connectivity index (χ3n) is 1.60. The molecular formula is C8H3Cl2NO. The van der Waals surface area contributed by atoms with Crippen LogP contribution in [0.25, 0.3) is 5.03 Å². The minimum atomic E-state index is -0.395. The van der Waals surface area contributed by atoms with Crippen molar-refractivity contribution in [2.75, 3.05) is 0 Å². The van der Waals surface area contributed by atoms with Crippen LogP contribution in [0.3, 0.4) is 0 Å². The van der Waals surface area contributed by atoms with Crippen LogP contribution in [-0.2, 0) is 4.79 Å². The number of carbonyl (C=O) groups excluding carboxylic acids is 1. The molecule has 0 atom stereocenters. The number of carbonyl (C=O) groups is 1. The molecule has 0 saturated heterocycles. The molecule has 4 heteroatoms. The van der Waals surface area contributed by atoms with E-state index in [4.69, 9.17) is 23.2 Å². The molecule has 0 radical (unpaired) electrons. The molecule has 1 aromatic rings. The Balaban J connectivity index is 2.95. The molecule has 0 fully saturated rings. The zero-order chi connectivity index (χ0) is 8.72. The number of halogens is 2. The number of amides is 1. The zero-order valence-corrected chi connectivity index (χ0v) is 7.36. The highest BCUT2D eigenvalue weighted by molar-refractivity contribution is 6.61. The number of hydrogen-bond donors (Lipinski definition) is 0. The van der Waals surface area contributed by atoms with E-state index in [1.165, 1.54) is 0 Å². The fourth-order valence-electron chi connectivity index (χ4n) is 1.06. The molecule has 1 aromatic carbocycles. The van der Waals surface area contributed by atoms with Crippen LogP contribution in [0.1, 0.15) is 0 Å². The minimum absolute atomic E-state index is 0.146. The van der Waals surface area contributed by atoms with Crippen molar-refractivity contribution in [1.29, 1.82) is 0 Å². The predicted octanol–water partition coefficient (Wildman–Crippen LogP) is 0.847. The van der Waals surface area contributed by atoms with E-state index in [0.717, 1.165) is 0 Å². The van der Waals surface area contributed by atoms with Crippen LogP contribution < -0.4 is 10.6 Å². The summed E-state index contributed by atoms with van der Waals surface area (Å²) in [5, 5.41) is 1.91. The van der Waals surface area contributed by atoms with Crippen molar-refractivity contribution < 1.29 is 4.79 Å². The number of nitrogens with zero attached hydrogens (tertiary/aromatic N) is 1. The molecule has 12 heavy (non-hydrogen) atoms. The average Bonchev–Trinajstić information content (AvgIpc) is 2.31. The highest BCUT2D eigenvalue weighted by atomic mass is 35.5. The normalized spacial score (nSPS) is 14.5. The average molecular weight is 200 g/mol. The SMILES string of the molecule is O=C1N=c2ccc(Cl)cc2=C1Cl. The lowest BCUT2D eigenvalue weighted by Crippen LogP contribution is -2.21. The summed E-state index contributed by atoms with van der Waals surface area (Å²) in [6, 6.07) is 4.98. The largest absolute Gasteiger partial charge is 0.289 e. The maximum atomic E-state index is 11.0. The lowest BCUT2D eigenvalue weighted by Gasteiger charge is -1.85. The van der Waals surface area contributed by atoms with Gasteiger partial charge in [0.05, 0.1) is 5.36 Å². The van der Waals surface area contributed by atoms with Gasteiger partial charge in [0.25, 0.3) is 5.91 Å². The Kier molecular flexibility index (Phi) is 1.67. The molecule has 2 rings (SSSR count). The Morgan fingerprint density at radius 1 is 1.25 bits per heavy atom. The van der Waals surface area contributed by atoms with E-state index in [1.807, 2.05) is 0 Å². The summed E-state index contributed by atoms with van der Waals surface area (Å²) < 4.78 is 0. The first-order chi connectivity index (χ1) is 5.68. The first-order valence-electron chi connectivity index (χ1n) is 3.27. The van der Waals surface area contributed by atoms with Crippen LogP contribution in [0, 0.1) is 0 Å². The van der Waals surface area contributed by atoms with E-state index in [0.29, 0.717) is 15.6 Å². The smallest absolute Gasteiger partial charge is 0.266 e. The Morgan fingerprint density at radius 2 is 2.00 bits per heavy atom. The molecular weight excluding hydrogens is 197 g/mol. The molecule has 60 valence electrons. The van der Waals surface area contributed by atoms with Crippen molar-refractivity contribution >= 4 is 34.1 Å². The third kappa shape index (κ3) is 1.04. The molecule has 0 spiro atoms. The summed E-state index contributed by atoms with van der Waals surface area (Å²) in [4.78, 5) is 14.7. The molecule has 0 unspecified atom stereocenters. The minimum Gasteiger partial charge on any atom is -0.266 e. The van der Waals surface area contributed by atoms with Crippen LogP contribution >= 0.6 is 23.2 Å². The molecule has 2 nitrogen and oxygen atoms in total. The van der Waals surface area contributed by atoms with Crippen LogP contribution in [0.15, 0.2) is 23.2 Å². The van der Waals surface area contributed by atoms with Gasteiger partial charge in [-0.05, 0) is 18.2 Å². The monoisotopic (exact) mass is 199 g/mol. The molecule has 0 N–H and O–H groups in total. The highest BCUT2D eigenvalue weighted by Gasteiger charge is 2.13. The Morgan fingerprint density at radius 3 is 2.75 bits per heavy atom. The van der Waals surface area contributed by atoms with Gasteiger partial charge in [0, 0.05) is 10.2 Å². The molecule has 0 aliphatic carbocycles. The van der Waals surface area contributed by atoms with E-state index >= 15 is 0 Å². The molecule has 0 saturated carbocycles. The van der Waals surface area contributed by atoms with Gasteiger partial charge < -0.3 is 0 Å². The maximum Gasteiger partial charge on any atom is 0.289 e. The lowest BCUT2D eigenvalue weighted by molar-refractivity contribution is -0.112. The number of benzene rings is 1. The van der Waals surface area contributed by atoms with Crippen LogP contribution in [0.4, 0.5) is 0 Å². The maximum absolute atomic E-state index is 11.0. The van der Waals surface area contributed by atoms with Crippen molar-refractivity contribution in [3.63, 3.8) is 0 Å². The van der Waals surface area contributed by atoms with E-state index in [-0.39, 0.29) is 5.03 Å². The van der Waals surface area contributed by atoms with Crippen LogP contribution in [0.5, 0.6) is 0 Å². The Hall–Kier alpha value is -0.860. The summed E-state index contributed by atoms with van der Waals surface area (Å²) in [5.74, 6) is -0.395. The van der Waals surface area contributed by atoms with Crippen molar-refractivity contribution in [2.45, 2.75) is 0 Å². The summed E-state index contributed by atoms with van der Waals surface area (Å²) in [6.45, 7) is 0. The molecule has 0 aromatic heterocycles. The van der Waals surface area contributed by atoms with Gasteiger partial charge in [0.2, 0.25) is 0 Å². The molecule has 0 bridgehead atoms. The van der Waals surface area contributed by atoms with Crippen LogP contribution in [0.2, 0.25) is 5.02 Å². The quantitative estimate of drug-likeness (QED) is 0.610. The zero-order valence-electron chi connectivity index (χ0n) is 5.84. The van der Waals surface area contributed by atoms with Gasteiger partial charge >= 0.3 is 0 Å². The standard InChI is InChI=1S/C8H3Cl2NO/c9-4-1-2-6-5(3-4)7(10)8(12)11-6/h1-3H. The number of hydrogen-bond acceptors (Lipinski definition) is 1. The van der Waals surface area contributed by atoms with E-state index < -0.39 is 5.91 Å².